The molecule has 0 bridgehead atoms. The number of amides is 2. The van der Waals surface area contributed by atoms with E-state index in [9.17, 15) is 4.79 Å². The minimum absolute atomic E-state index is 0.0628. The molecule has 0 unspecified atom stereocenters. The zero-order valence-electron chi connectivity index (χ0n) is 15.0. The normalized spacial score (nSPS) is 18.0. The van der Waals surface area contributed by atoms with Gasteiger partial charge < -0.3 is 14.7 Å². The van der Waals surface area contributed by atoms with Gasteiger partial charge in [0.05, 0.1) is 0 Å². The topological polar surface area (TPSA) is 84.2 Å². The van der Waals surface area contributed by atoms with Crippen molar-refractivity contribution in [3.05, 3.63) is 42.5 Å². The minimum atomic E-state index is 0.0628. The van der Waals surface area contributed by atoms with Crippen LogP contribution in [0.1, 0.15) is 37.5 Å². The van der Waals surface area contributed by atoms with Crippen LogP contribution in [0.5, 0.6) is 0 Å². The Bertz CT molecular complexity index is 973. The molecule has 27 heavy (non-hydrogen) atoms. The van der Waals surface area contributed by atoms with Crippen LogP contribution < -0.4 is 5.32 Å². The monoisotopic (exact) mass is 363 g/mol. The molecule has 1 N–H and O–H groups in total. The van der Waals surface area contributed by atoms with E-state index in [2.05, 4.69) is 26.5 Å². The van der Waals surface area contributed by atoms with Gasteiger partial charge in [-0.05, 0) is 43.2 Å². The molecule has 2 aromatic heterocycles. The summed E-state index contributed by atoms with van der Waals surface area (Å²) >= 11 is 0. The second-order valence-electron chi connectivity index (χ2n) is 7.38. The zero-order chi connectivity index (χ0) is 18.2. The number of pyridine rings is 1. The van der Waals surface area contributed by atoms with Crippen LogP contribution >= 0.6 is 0 Å². The van der Waals surface area contributed by atoms with Gasteiger partial charge in [0.1, 0.15) is 0 Å². The fourth-order valence-corrected chi connectivity index (χ4v) is 3.56. The fourth-order valence-electron chi connectivity index (χ4n) is 3.56. The van der Waals surface area contributed by atoms with Crippen molar-refractivity contribution in [2.24, 2.45) is 0 Å². The van der Waals surface area contributed by atoms with Gasteiger partial charge in [-0.3, -0.25) is 4.98 Å². The number of hydrogen-bond donors (Lipinski definition) is 1. The van der Waals surface area contributed by atoms with E-state index in [1.165, 1.54) is 0 Å². The van der Waals surface area contributed by atoms with E-state index in [4.69, 9.17) is 4.52 Å². The number of rotatable bonds is 3. The SMILES string of the molecule is O=C(NC1CC1)N1CCC(c2nc(-c3ccc4cnccc4c3)no2)CC1. The van der Waals surface area contributed by atoms with Crippen molar-refractivity contribution in [1.82, 2.24) is 25.3 Å². The van der Waals surface area contributed by atoms with Crippen molar-refractivity contribution in [2.45, 2.75) is 37.6 Å². The summed E-state index contributed by atoms with van der Waals surface area (Å²) in [6.45, 7) is 1.45. The molecular weight excluding hydrogens is 342 g/mol. The highest BCUT2D eigenvalue weighted by Crippen LogP contribution is 2.29. The van der Waals surface area contributed by atoms with E-state index in [-0.39, 0.29) is 11.9 Å². The molecule has 138 valence electrons. The molecule has 0 radical (unpaired) electrons. The van der Waals surface area contributed by atoms with Crippen LogP contribution in [-0.4, -0.2) is 45.2 Å². The predicted octanol–water partition coefficient (Wildman–Crippen LogP) is 3.34. The van der Waals surface area contributed by atoms with Crippen molar-refractivity contribution in [1.29, 1.82) is 0 Å². The number of aromatic nitrogens is 3. The Hall–Kier alpha value is -2.96. The van der Waals surface area contributed by atoms with Crippen LogP contribution in [-0.2, 0) is 0 Å². The lowest BCUT2D eigenvalue weighted by atomic mass is 9.97. The molecule has 3 aromatic rings. The largest absolute Gasteiger partial charge is 0.339 e. The van der Waals surface area contributed by atoms with Crippen LogP contribution in [0, 0.1) is 0 Å². The highest BCUT2D eigenvalue weighted by Gasteiger charge is 2.30. The molecule has 7 nitrogen and oxygen atoms in total. The van der Waals surface area contributed by atoms with Crippen LogP contribution in [0.2, 0.25) is 0 Å². The lowest BCUT2D eigenvalue weighted by Crippen LogP contribution is -2.44. The van der Waals surface area contributed by atoms with Crippen molar-refractivity contribution in [3.8, 4) is 11.4 Å². The summed E-state index contributed by atoms with van der Waals surface area (Å²) in [4.78, 5) is 22.8. The Balaban J connectivity index is 1.27. The quantitative estimate of drug-likeness (QED) is 0.771. The Morgan fingerprint density at radius 2 is 1.96 bits per heavy atom. The van der Waals surface area contributed by atoms with Crippen molar-refractivity contribution in [2.75, 3.05) is 13.1 Å². The summed E-state index contributed by atoms with van der Waals surface area (Å²) in [5, 5.41) is 9.41. The number of carbonyl (C=O) groups is 1. The standard InChI is InChI=1S/C20H21N5O2/c26-20(22-17-3-4-17)25-9-6-13(7-10-25)19-23-18(24-27-19)15-1-2-16-12-21-8-5-14(16)11-15/h1-2,5,8,11-13,17H,3-4,6-7,9-10H2,(H,22,26). The highest BCUT2D eigenvalue weighted by atomic mass is 16.5. The first-order chi connectivity index (χ1) is 13.3. The summed E-state index contributed by atoms with van der Waals surface area (Å²) in [7, 11) is 0. The number of carbonyl (C=O) groups excluding carboxylic acids is 1. The molecule has 2 fully saturated rings. The van der Waals surface area contributed by atoms with Crippen LogP contribution in [0.25, 0.3) is 22.2 Å². The molecule has 3 heterocycles. The second-order valence-corrected chi connectivity index (χ2v) is 7.38. The first-order valence-corrected chi connectivity index (χ1v) is 9.49. The fraction of sp³-hybridized carbons (Fsp3) is 0.400. The van der Waals surface area contributed by atoms with E-state index < -0.39 is 0 Å². The summed E-state index contributed by atoms with van der Waals surface area (Å²) in [5.41, 5.74) is 0.935. The Labute approximate surface area is 156 Å². The average molecular weight is 363 g/mol. The third-order valence-electron chi connectivity index (χ3n) is 5.38. The summed E-state index contributed by atoms with van der Waals surface area (Å²) < 4.78 is 5.55. The number of nitrogens with one attached hydrogen (secondary N) is 1. The smallest absolute Gasteiger partial charge is 0.317 e. The number of nitrogens with zero attached hydrogens (tertiary/aromatic N) is 4. The molecule has 2 aliphatic rings. The summed E-state index contributed by atoms with van der Waals surface area (Å²) in [6.07, 6.45) is 7.54. The minimum Gasteiger partial charge on any atom is -0.339 e. The third-order valence-corrected chi connectivity index (χ3v) is 5.38. The van der Waals surface area contributed by atoms with E-state index in [1.54, 1.807) is 6.20 Å². The second kappa shape index (κ2) is 6.64. The number of hydrogen-bond acceptors (Lipinski definition) is 5. The highest BCUT2D eigenvalue weighted by molar-refractivity contribution is 5.85. The molecule has 7 heteroatoms. The first-order valence-electron chi connectivity index (χ1n) is 9.49. The van der Waals surface area contributed by atoms with Gasteiger partial charge in [0, 0.05) is 48.4 Å². The number of benzene rings is 1. The van der Waals surface area contributed by atoms with Crippen molar-refractivity contribution >= 4 is 16.8 Å². The molecule has 5 rings (SSSR count). The lowest BCUT2D eigenvalue weighted by Gasteiger charge is -2.30. The van der Waals surface area contributed by atoms with Gasteiger partial charge in [-0.15, -0.1) is 0 Å². The maximum Gasteiger partial charge on any atom is 0.317 e. The molecule has 2 amide bonds. The molecule has 1 aromatic carbocycles. The number of fused-ring (bicyclic) bond motifs is 1. The van der Waals surface area contributed by atoms with Gasteiger partial charge in [-0.2, -0.15) is 4.98 Å². The summed E-state index contributed by atoms with van der Waals surface area (Å²) in [6, 6.07) is 8.49. The number of likely N-dealkylation sites (tertiary alicyclic amines) is 1. The predicted molar refractivity (Wildman–Crippen MR) is 100 cm³/mol. The Kier molecular flexibility index (Phi) is 3.99. The Morgan fingerprint density at radius 1 is 1.11 bits per heavy atom. The third kappa shape index (κ3) is 3.37. The van der Waals surface area contributed by atoms with E-state index in [1.807, 2.05) is 29.3 Å². The van der Waals surface area contributed by atoms with Crippen LogP contribution in [0.4, 0.5) is 4.79 Å². The molecule has 1 aliphatic heterocycles. The van der Waals surface area contributed by atoms with E-state index in [0.717, 1.165) is 55.1 Å². The number of urea groups is 1. The van der Waals surface area contributed by atoms with Crippen LogP contribution in [0.15, 0.2) is 41.2 Å². The van der Waals surface area contributed by atoms with Crippen LogP contribution in [0.3, 0.4) is 0 Å². The molecule has 1 saturated heterocycles. The van der Waals surface area contributed by atoms with Crippen molar-refractivity contribution in [3.63, 3.8) is 0 Å². The molecule has 1 aliphatic carbocycles. The zero-order valence-corrected chi connectivity index (χ0v) is 15.0. The number of piperidine rings is 1. The average Bonchev–Trinajstić information content (AvgIpc) is 3.39. The van der Waals surface area contributed by atoms with Gasteiger partial charge in [0.2, 0.25) is 11.7 Å². The van der Waals surface area contributed by atoms with E-state index in [0.29, 0.717) is 17.8 Å². The first kappa shape index (κ1) is 16.2. The molecule has 1 saturated carbocycles. The maximum absolute atomic E-state index is 12.1. The van der Waals surface area contributed by atoms with Gasteiger partial charge in [-0.1, -0.05) is 17.3 Å². The summed E-state index contributed by atoms with van der Waals surface area (Å²) in [5.74, 6) is 1.49. The van der Waals surface area contributed by atoms with Gasteiger partial charge in [-0.25, -0.2) is 4.79 Å². The van der Waals surface area contributed by atoms with E-state index >= 15 is 0 Å². The van der Waals surface area contributed by atoms with Gasteiger partial charge >= 0.3 is 6.03 Å². The molecular formula is C20H21N5O2. The Morgan fingerprint density at radius 3 is 2.78 bits per heavy atom. The van der Waals surface area contributed by atoms with Crippen molar-refractivity contribution < 1.29 is 9.32 Å². The molecule has 0 atom stereocenters. The lowest BCUT2D eigenvalue weighted by molar-refractivity contribution is 0.175. The van der Waals surface area contributed by atoms with Gasteiger partial charge in [0.15, 0.2) is 0 Å². The van der Waals surface area contributed by atoms with Gasteiger partial charge in [0.25, 0.3) is 0 Å². The maximum atomic E-state index is 12.1. The molecule has 0 spiro atoms.